The van der Waals surface area contributed by atoms with E-state index in [0.717, 1.165) is 22.3 Å². The molecular formula is C23H26N2O6. The number of hydrogen-bond acceptors (Lipinski definition) is 5. The van der Waals surface area contributed by atoms with Gasteiger partial charge in [0.15, 0.2) is 0 Å². The molecule has 1 atom stereocenters. The Kier molecular flexibility index (Phi) is 7.61. The van der Waals surface area contributed by atoms with E-state index in [9.17, 15) is 14.4 Å². The number of aliphatic carboxylic acids is 1. The summed E-state index contributed by atoms with van der Waals surface area (Å²) in [7, 11) is 0. The predicted octanol–water partition coefficient (Wildman–Crippen LogP) is 2.52. The summed E-state index contributed by atoms with van der Waals surface area (Å²) in [5.74, 6) is -1.93. The zero-order chi connectivity index (χ0) is 22.2. The zero-order valence-electron chi connectivity index (χ0n) is 17.3. The molecule has 3 rings (SSSR count). The van der Waals surface area contributed by atoms with Gasteiger partial charge in [-0.05, 0) is 29.2 Å². The molecule has 8 heteroatoms. The standard InChI is InChI=1S/C23H26N2O6/c1-2-30-12-11-24-22(28)20(13-21(26)27)25-23(29)31-14-19-17-9-5-3-7-15(17)16-8-4-6-10-18(16)19/h3-10,19-20H,2,11-14H2,1H3,(H,24,28)(H,25,29)(H,26,27). The number of nitrogens with one attached hydrogen (secondary N) is 2. The molecule has 0 aromatic heterocycles. The summed E-state index contributed by atoms with van der Waals surface area (Å²) in [6, 6.07) is 14.6. The molecule has 8 nitrogen and oxygen atoms in total. The number of carbonyl (C=O) groups is 3. The third-order valence-electron chi connectivity index (χ3n) is 5.08. The molecule has 3 N–H and O–H groups in total. The molecule has 0 radical (unpaired) electrons. The van der Waals surface area contributed by atoms with E-state index in [1.807, 2.05) is 55.5 Å². The number of benzene rings is 2. The lowest BCUT2D eigenvalue weighted by atomic mass is 9.98. The predicted molar refractivity (Wildman–Crippen MR) is 114 cm³/mol. The van der Waals surface area contributed by atoms with Gasteiger partial charge in [-0.2, -0.15) is 0 Å². The molecule has 0 saturated heterocycles. The lowest BCUT2D eigenvalue weighted by Crippen LogP contribution is -2.48. The number of fused-ring (bicyclic) bond motifs is 3. The lowest BCUT2D eigenvalue weighted by molar-refractivity contribution is -0.139. The van der Waals surface area contributed by atoms with Gasteiger partial charge in [-0.25, -0.2) is 4.79 Å². The van der Waals surface area contributed by atoms with Crippen molar-refractivity contribution < 1.29 is 29.0 Å². The highest BCUT2D eigenvalue weighted by Gasteiger charge is 2.30. The van der Waals surface area contributed by atoms with Crippen molar-refractivity contribution in [1.29, 1.82) is 0 Å². The van der Waals surface area contributed by atoms with Crippen molar-refractivity contribution in [1.82, 2.24) is 10.6 Å². The Morgan fingerprint density at radius 1 is 1.03 bits per heavy atom. The Hall–Kier alpha value is -3.39. The van der Waals surface area contributed by atoms with Crippen molar-refractivity contribution in [2.24, 2.45) is 0 Å². The van der Waals surface area contributed by atoms with E-state index in [2.05, 4.69) is 10.6 Å². The summed E-state index contributed by atoms with van der Waals surface area (Å²) in [5.41, 5.74) is 4.33. The van der Waals surface area contributed by atoms with Gasteiger partial charge in [0, 0.05) is 19.1 Å². The van der Waals surface area contributed by atoms with Crippen LogP contribution in [0.5, 0.6) is 0 Å². The maximum atomic E-state index is 12.4. The van der Waals surface area contributed by atoms with Crippen LogP contribution in [0.4, 0.5) is 4.79 Å². The number of hydrogen-bond donors (Lipinski definition) is 3. The normalized spacial score (nSPS) is 13.1. The monoisotopic (exact) mass is 426 g/mol. The first kappa shape index (κ1) is 22.3. The van der Waals surface area contributed by atoms with Gasteiger partial charge in [-0.1, -0.05) is 48.5 Å². The van der Waals surface area contributed by atoms with Crippen molar-refractivity contribution in [2.75, 3.05) is 26.4 Å². The molecule has 0 heterocycles. The third-order valence-corrected chi connectivity index (χ3v) is 5.08. The van der Waals surface area contributed by atoms with Crippen LogP contribution < -0.4 is 10.6 Å². The summed E-state index contributed by atoms with van der Waals surface area (Å²) in [6.07, 6.45) is -1.39. The fourth-order valence-corrected chi connectivity index (χ4v) is 3.68. The molecular weight excluding hydrogens is 400 g/mol. The Balaban J connectivity index is 1.61. The average molecular weight is 426 g/mol. The van der Waals surface area contributed by atoms with Crippen molar-refractivity contribution in [2.45, 2.75) is 25.3 Å². The minimum Gasteiger partial charge on any atom is -0.481 e. The second-order valence-corrected chi connectivity index (χ2v) is 7.11. The lowest BCUT2D eigenvalue weighted by Gasteiger charge is -2.18. The van der Waals surface area contributed by atoms with E-state index in [1.54, 1.807) is 0 Å². The number of alkyl carbamates (subject to hydrolysis) is 1. The second-order valence-electron chi connectivity index (χ2n) is 7.11. The summed E-state index contributed by atoms with van der Waals surface area (Å²) in [4.78, 5) is 35.7. The van der Waals surface area contributed by atoms with Gasteiger partial charge in [-0.3, -0.25) is 9.59 Å². The fraction of sp³-hybridized carbons (Fsp3) is 0.348. The second kappa shape index (κ2) is 10.6. The molecule has 0 aliphatic heterocycles. The third kappa shape index (κ3) is 5.61. The van der Waals surface area contributed by atoms with Crippen LogP contribution >= 0.6 is 0 Å². The van der Waals surface area contributed by atoms with E-state index in [0.29, 0.717) is 13.2 Å². The van der Waals surface area contributed by atoms with Crippen LogP contribution in [-0.4, -0.2) is 55.5 Å². The van der Waals surface area contributed by atoms with Crippen LogP contribution in [-0.2, 0) is 19.1 Å². The van der Waals surface area contributed by atoms with Gasteiger partial charge in [0.1, 0.15) is 12.6 Å². The van der Waals surface area contributed by atoms with Crippen molar-refractivity contribution >= 4 is 18.0 Å². The van der Waals surface area contributed by atoms with Crippen LogP contribution in [0.1, 0.15) is 30.4 Å². The largest absolute Gasteiger partial charge is 0.481 e. The van der Waals surface area contributed by atoms with Gasteiger partial charge in [0.05, 0.1) is 13.0 Å². The molecule has 164 valence electrons. The molecule has 2 aromatic carbocycles. The van der Waals surface area contributed by atoms with E-state index in [1.165, 1.54) is 0 Å². The number of ether oxygens (including phenoxy) is 2. The van der Waals surface area contributed by atoms with Crippen molar-refractivity contribution in [3.8, 4) is 11.1 Å². The number of carbonyl (C=O) groups excluding carboxylic acids is 2. The fourth-order valence-electron chi connectivity index (χ4n) is 3.68. The first-order valence-electron chi connectivity index (χ1n) is 10.2. The molecule has 0 fully saturated rings. The first-order valence-corrected chi connectivity index (χ1v) is 10.2. The van der Waals surface area contributed by atoms with Crippen LogP contribution in [0.25, 0.3) is 11.1 Å². The van der Waals surface area contributed by atoms with Gasteiger partial charge in [0.2, 0.25) is 5.91 Å². The molecule has 1 unspecified atom stereocenters. The van der Waals surface area contributed by atoms with Gasteiger partial charge >= 0.3 is 12.1 Å². The molecule has 0 spiro atoms. The van der Waals surface area contributed by atoms with Crippen molar-refractivity contribution in [3.05, 3.63) is 59.7 Å². The highest BCUT2D eigenvalue weighted by molar-refractivity contribution is 5.89. The van der Waals surface area contributed by atoms with Crippen LogP contribution in [0.2, 0.25) is 0 Å². The smallest absolute Gasteiger partial charge is 0.407 e. The SMILES string of the molecule is CCOCCNC(=O)C(CC(=O)O)NC(=O)OCC1c2ccccc2-c2ccccc21. The van der Waals surface area contributed by atoms with Crippen LogP contribution in [0.15, 0.2) is 48.5 Å². The van der Waals surface area contributed by atoms with Crippen LogP contribution in [0, 0.1) is 0 Å². The summed E-state index contributed by atoms with van der Waals surface area (Å²) in [6.45, 7) is 2.92. The van der Waals surface area contributed by atoms with Gasteiger partial charge in [-0.15, -0.1) is 0 Å². The molecule has 1 aliphatic carbocycles. The molecule has 2 aromatic rings. The summed E-state index contributed by atoms with van der Waals surface area (Å²) >= 11 is 0. The van der Waals surface area contributed by atoms with E-state index in [-0.39, 0.29) is 19.1 Å². The topological polar surface area (TPSA) is 114 Å². The maximum absolute atomic E-state index is 12.4. The summed E-state index contributed by atoms with van der Waals surface area (Å²) in [5, 5.41) is 14.0. The Bertz CT molecular complexity index is 900. The molecule has 31 heavy (non-hydrogen) atoms. The average Bonchev–Trinajstić information content (AvgIpc) is 3.08. The quantitative estimate of drug-likeness (QED) is 0.503. The Morgan fingerprint density at radius 2 is 1.65 bits per heavy atom. The summed E-state index contributed by atoms with van der Waals surface area (Å²) < 4.78 is 10.5. The number of carboxylic acids is 1. The van der Waals surface area contributed by atoms with Gasteiger partial charge < -0.3 is 25.2 Å². The van der Waals surface area contributed by atoms with E-state index in [4.69, 9.17) is 14.6 Å². The maximum Gasteiger partial charge on any atom is 0.407 e. The Morgan fingerprint density at radius 3 is 2.23 bits per heavy atom. The van der Waals surface area contributed by atoms with E-state index < -0.39 is 30.4 Å². The molecule has 0 bridgehead atoms. The molecule has 2 amide bonds. The highest BCUT2D eigenvalue weighted by atomic mass is 16.5. The number of carboxylic acid groups (broad SMARTS) is 1. The van der Waals surface area contributed by atoms with Gasteiger partial charge in [0.25, 0.3) is 0 Å². The number of rotatable bonds is 10. The van der Waals surface area contributed by atoms with Crippen molar-refractivity contribution in [3.63, 3.8) is 0 Å². The first-order chi connectivity index (χ1) is 15.0. The minimum atomic E-state index is -1.24. The van der Waals surface area contributed by atoms with Crippen LogP contribution in [0.3, 0.4) is 0 Å². The molecule has 0 saturated carbocycles. The Labute approximate surface area is 180 Å². The molecule has 1 aliphatic rings. The minimum absolute atomic E-state index is 0.0750. The zero-order valence-corrected chi connectivity index (χ0v) is 17.3. The highest BCUT2D eigenvalue weighted by Crippen LogP contribution is 2.44. The van der Waals surface area contributed by atoms with E-state index >= 15 is 0 Å². The number of amides is 2.